The number of hydrogen-bond acceptors (Lipinski definition) is 4. The smallest absolute Gasteiger partial charge is 0.311 e. The molecule has 3 fully saturated rings. The Bertz CT molecular complexity index is 488. The molecule has 0 aliphatic heterocycles. The molecule has 0 amide bonds. The fourth-order valence-electron chi connectivity index (χ4n) is 3.84. The van der Waals surface area contributed by atoms with E-state index < -0.39 is 0 Å². The van der Waals surface area contributed by atoms with Crippen LogP contribution in [0, 0.1) is 12.3 Å². The standard InChI is InChI=1S/C15H20N2O2/c1-11-9-12(17-10-16-11)14-3-6-15(7-4-14,8-5-14)13(18)19-2/h9-10H,3-8H2,1-2H3. The average Bonchev–Trinajstić information content (AvgIpc) is 2.48. The molecule has 3 aliphatic rings. The molecule has 4 nitrogen and oxygen atoms in total. The lowest BCUT2D eigenvalue weighted by Crippen LogP contribution is -2.48. The summed E-state index contributed by atoms with van der Waals surface area (Å²) >= 11 is 0. The summed E-state index contributed by atoms with van der Waals surface area (Å²) in [6.45, 7) is 2.01. The molecule has 0 radical (unpaired) electrons. The second kappa shape index (κ2) is 4.29. The monoisotopic (exact) mass is 260 g/mol. The first-order chi connectivity index (χ1) is 9.10. The van der Waals surface area contributed by atoms with Gasteiger partial charge in [0.25, 0.3) is 0 Å². The number of ether oxygens (including phenoxy) is 1. The van der Waals surface area contributed by atoms with Crippen LogP contribution in [0.2, 0.25) is 0 Å². The van der Waals surface area contributed by atoms with Crippen LogP contribution < -0.4 is 0 Å². The average molecular weight is 260 g/mol. The molecule has 1 aromatic rings. The van der Waals surface area contributed by atoms with Crippen molar-refractivity contribution in [1.82, 2.24) is 9.97 Å². The van der Waals surface area contributed by atoms with Crippen LogP contribution in [0.4, 0.5) is 0 Å². The zero-order chi connectivity index (χ0) is 13.5. The second-order valence-corrected chi connectivity index (χ2v) is 6.10. The minimum absolute atomic E-state index is 0.0142. The first-order valence-corrected chi connectivity index (χ1v) is 6.98. The number of esters is 1. The maximum atomic E-state index is 12.0. The molecule has 102 valence electrons. The molecule has 4 heteroatoms. The summed E-state index contributed by atoms with van der Waals surface area (Å²) in [5.41, 5.74) is 2.15. The number of aromatic nitrogens is 2. The zero-order valence-corrected chi connectivity index (χ0v) is 11.6. The van der Waals surface area contributed by atoms with E-state index in [4.69, 9.17) is 4.74 Å². The Hall–Kier alpha value is -1.45. The molecule has 0 N–H and O–H groups in total. The van der Waals surface area contributed by atoms with Gasteiger partial charge in [-0.2, -0.15) is 0 Å². The maximum absolute atomic E-state index is 12.0. The summed E-state index contributed by atoms with van der Waals surface area (Å²) < 4.78 is 5.00. The number of methoxy groups -OCH3 is 1. The van der Waals surface area contributed by atoms with Crippen LogP contribution >= 0.6 is 0 Å². The van der Waals surface area contributed by atoms with Gasteiger partial charge < -0.3 is 4.74 Å². The van der Waals surface area contributed by atoms with Crippen molar-refractivity contribution in [3.05, 3.63) is 23.8 Å². The summed E-state index contributed by atoms with van der Waals surface area (Å²) in [7, 11) is 1.50. The van der Waals surface area contributed by atoms with Crippen LogP contribution in [0.3, 0.4) is 0 Å². The minimum Gasteiger partial charge on any atom is -0.469 e. The molecule has 0 saturated heterocycles. The summed E-state index contributed by atoms with van der Waals surface area (Å²) in [5.74, 6) is -0.0142. The number of rotatable bonds is 2. The van der Waals surface area contributed by atoms with Gasteiger partial charge in [-0.25, -0.2) is 9.97 Å². The Labute approximate surface area is 113 Å². The molecule has 4 rings (SSSR count). The van der Waals surface area contributed by atoms with E-state index in [1.165, 1.54) is 7.11 Å². The number of nitrogens with zero attached hydrogens (tertiary/aromatic N) is 2. The highest BCUT2D eigenvalue weighted by molar-refractivity contribution is 5.77. The van der Waals surface area contributed by atoms with Gasteiger partial charge in [-0.3, -0.25) is 4.79 Å². The molecule has 0 aromatic carbocycles. The van der Waals surface area contributed by atoms with Gasteiger partial charge in [0.1, 0.15) is 6.33 Å². The van der Waals surface area contributed by atoms with Crippen LogP contribution in [-0.2, 0) is 14.9 Å². The molecule has 0 spiro atoms. The van der Waals surface area contributed by atoms with Gasteiger partial charge in [0.05, 0.1) is 18.2 Å². The molecule has 0 unspecified atom stereocenters. The van der Waals surface area contributed by atoms with E-state index in [-0.39, 0.29) is 16.8 Å². The Morgan fingerprint density at radius 1 is 1.16 bits per heavy atom. The molecule has 2 bridgehead atoms. The van der Waals surface area contributed by atoms with Gasteiger partial charge in [0, 0.05) is 11.1 Å². The molecule has 3 aliphatic carbocycles. The molecule has 1 heterocycles. The number of aryl methyl sites for hydroxylation is 1. The molecular formula is C15H20N2O2. The predicted octanol–water partition coefficient (Wildman–Crippen LogP) is 2.55. The van der Waals surface area contributed by atoms with Crippen LogP contribution in [0.25, 0.3) is 0 Å². The van der Waals surface area contributed by atoms with Gasteiger partial charge in [-0.1, -0.05) is 0 Å². The van der Waals surface area contributed by atoms with Gasteiger partial charge in [0.15, 0.2) is 0 Å². The number of fused-ring (bicyclic) bond motifs is 3. The lowest BCUT2D eigenvalue weighted by atomic mass is 9.52. The summed E-state index contributed by atoms with van der Waals surface area (Å²) in [4.78, 5) is 20.7. The van der Waals surface area contributed by atoms with Crippen LogP contribution in [0.5, 0.6) is 0 Å². The van der Waals surface area contributed by atoms with E-state index in [0.717, 1.165) is 49.9 Å². The van der Waals surface area contributed by atoms with E-state index in [2.05, 4.69) is 16.0 Å². The predicted molar refractivity (Wildman–Crippen MR) is 70.6 cm³/mol. The normalized spacial score (nSPS) is 33.2. The van der Waals surface area contributed by atoms with Crippen molar-refractivity contribution in [2.45, 2.75) is 50.9 Å². The molecule has 1 aromatic heterocycles. The fraction of sp³-hybridized carbons (Fsp3) is 0.667. The van der Waals surface area contributed by atoms with E-state index in [1.54, 1.807) is 6.33 Å². The molecule has 3 saturated carbocycles. The van der Waals surface area contributed by atoms with Crippen molar-refractivity contribution in [3.63, 3.8) is 0 Å². The lowest BCUT2D eigenvalue weighted by Gasteiger charge is -2.51. The summed E-state index contributed by atoms with van der Waals surface area (Å²) in [6.07, 6.45) is 7.58. The van der Waals surface area contributed by atoms with E-state index in [0.29, 0.717) is 0 Å². The lowest BCUT2D eigenvalue weighted by molar-refractivity contribution is -0.160. The highest BCUT2D eigenvalue weighted by Gasteiger charge is 2.54. The molecule has 0 atom stereocenters. The highest BCUT2D eigenvalue weighted by atomic mass is 16.5. The van der Waals surface area contributed by atoms with E-state index >= 15 is 0 Å². The highest BCUT2D eigenvalue weighted by Crippen LogP contribution is 2.57. The van der Waals surface area contributed by atoms with E-state index in [1.807, 2.05) is 6.92 Å². The topological polar surface area (TPSA) is 52.1 Å². The van der Waals surface area contributed by atoms with Crippen LogP contribution in [0.1, 0.15) is 49.9 Å². The third-order valence-electron chi connectivity index (χ3n) is 5.21. The first-order valence-electron chi connectivity index (χ1n) is 6.98. The van der Waals surface area contributed by atoms with Crippen molar-refractivity contribution in [3.8, 4) is 0 Å². The number of hydrogen-bond donors (Lipinski definition) is 0. The van der Waals surface area contributed by atoms with Crippen LogP contribution in [0.15, 0.2) is 12.4 Å². The Kier molecular flexibility index (Phi) is 2.84. The molecular weight excluding hydrogens is 240 g/mol. The van der Waals surface area contributed by atoms with E-state index in [9.17, 15) is 4.79 Å². The van der Waals surface area contributed by atoms with Crippen molar-refractivity contribution in [1.29, 1.82) is 0 Å². The minimum atomic E-state index is -0.210. The fourth-order valence-corrected chi connectivity index (χ4v) is 3.84. The number of carbonyl (C=O) groups is 1. The zero-order valence-electron chi connectivity index (χ0n) is 11.6. The summed E-state index contributed by atoms with van der Waals surface area (Å²) in [5, 5.41) is 0. The van der Waals surface area contributed by atoms with Crippen LogP contribution in [-0.4, -0.2) is 23.0 Å². The Morgan fingerprint density at radius 3 is 2.32 bits per heavy atom. The van der Waals surface area contributed by atoms with Crippen molar-refractivity contribution >= 4 is 5.97 Å². The largest absolute Gasteiger partial charge is 0.469 e. The quantitative estimate of drug-likeness (QED) is 0.767. The third-order valence-corrected chi connectivity index (χ3v) is 5.21. The number of carbonyl (C=O) groups excluding carboxylic acids is 1. The van der Waals surface area contributed by atoms with Gasteiger partial charge in [0.2, 0.25) is 0 Å². The first kappa shape index (κ1) is 12.6. The third kappa shape index (κ3) is 1.85. The van der Waals surface area contributed by atoms with Gasteiger partial charge >= 0.3 is 5.97 Å². The molecule has 19 heavy (non-hydrogen) atoms. The Balaban J connectivity index is 1.87. The summed E-state index contributed by atoms with van der Waals surface area (Å²) in [6, 6.07) is 2.11. The van der Waals surface area contributed by atoms with Crippen molar-refractivity contribution in [2.24, 2.45) is 5.41 Å². The van der Waals surface area contributed by atoms with Gasteiger partial charge in [-0.15, -0.1) is 0 Å². The van der Waals surface area contributed by atoms with Crippen molar-refractivity contribution < 1.29 is 9.53 Å². The van der Waals surface area contributed by atoms with Gasteiger partial charge in [-0.05, 0) is 51.5 Å². The van der Waals surface area contributed by atoms with Crippen molar-refractivity contribution in [2.75, 3.05) is 7.11 Å². The maximum Gasteiger partial charge on any atom is 0.311 e. The second-order valence-electron chi connectivity index (χ2n) is 6.10. The Morgan fingerprint density at radius 2 is 1.79 bits per heavy atom. The SMILES string of the molecule is COC(=O)C12CCC(c3cc(C)ncn3)(CC1)CC2.